The molecule has 1 heterocycles. The van der Waals surface area contributed by atoms with Crippen LogP contribution in [0.15, 0.2) is 36.4 Å². The first-order chi connectivity index (χ1) is 10.6. The van der Waals surface area contributed by atoms with Crippen molar-refractivity contribution in [2.45, 2.75) is 25.7 Å². The number of halogens is 3. The lowest BCUT2D eigenvalue weighted by molar-refractivity contribution is 0.642. The number of hydrogen-bond acceptors (Lipinski definition) is 1. The van der Waals surface area contributed by atoms with Gasteiger partial charge in [0.2, 0.25) is 0 Å². The van der Waals surface area contributed by atoms with Crippen molar-refractivity contribution < 1.29 is 0 Å². The molecule has 22 heavy (non-hydrogen) atoms. The summed E-state index contributed by atoms with van der Waals surface area (Å²) in [5.74, 6) is 1.30. The van der Waals surface area contributed by atoms with Crippen molar-refractivity contribution in [1.82, 2.24) is 9.97 Å². The summed E-state index contributed by atoms with van der Waals surface area (Å²) in [6.07, 6.45) is 1.84. The van der Waals surface area contributed by atoms with Crippen LogP contribution in [0.2, 0.25) is 15.1 Å². The maximum absolute atomic E-state index is 6.20. The van der Waals surface area contributed by atoms with Gasteiger partial charge in [0.1, 0.15) is 11.3 Å². The number of benzene rings is 2. The van der Waals surface area contributed by atoms with Gasteiger partial charge in [-0.2, -0.15) is 0 Å². The minimum Gasteiger partial charge on any atom is -0.342 e. The third kappa shape index (κ3) is 3.24. The molecule has 0 aliphatic rings. The van der Waals surface area contributed by atoms with E-state index >= 15 is 0 Å². The van der Waals surface area contributed by atoms with E-state index in [1.807, 2.05) is 18.2 Å². The number of imidazole rings is 1. The highest BCUT2D eigenvalue weighted by Gasteiger charge is 2.14. The molecule has 0 bridgehead atoms. The summed E-state index contributed by atoms with van der Waals surface area (Å²) in [4.78, 5) is 7.93. The van der Waals surface area contributed by atoms with E-state index in [9.17, 15) is 0 Å². The molecule has 0 aliphatic carbocycles. The van der Waals surface area contributed by atoms with Crippen LogP contribution < -0.4 is 0 Å². The monoisotopic (exact) mass is 352 g/mol. The number of nitrogens with one attached hydrogen (secondary N) is 1. The first kappa shape index (κ1) is 15.7. The second-order valence-electron chi connectivity index (χ2n) is 5.33. The maximum Gasteiger partial charge on any atom is 0.107 e. The lowest BCUT2D eigenvalue weighted by Crippen LogP contribution is -2.03. The Morgan fingerprint density at radius 3 is 2.45 bits per heavy atom. The fraction of sp³-hybridized carbons (Fsp3) is 0.235. The zero-order valence-electron chi connectivity index (χ0n) is 12.0. The van der Waals surface area contributed by atoms with Crippen LogP contribution in [-0.2, 0) is 6.42 Å². The smallest absolute Gasteiger partial charge is 0.107 e. The molecule has 5 heteroatoms. The number of aromatic amines is 1. The average Bonchev–Trinajstić information content (AvgIpc) is 2.88. The molecule has 2 nitrogen and oxygen atoms in total. The average molecular weight is 354 g/mol. The molecular weight excluding hydrogens is 339 g/mol. The Bertz CT molecular complexity index is 794. The van der Waals surface area contributed by atoms with Crippen LogP contribution in [0.1, 0.15) is 30.7 Å². The van der Waals surface area contributed by atoms with Crippen molar-refractivity contribution >= 4 is 45.8 Å². The lowest BCUT2D eigenvalue weighted by Gasteiger charge is -2.13. The minimum absolute atomic E-state index is 0.382. The molecule has 1 aromatic heterocycles. The van der Waals surface area contributed by atoms with Crippen molar-refractivity contribution in [3.05, 3.63) is 62.9 Å². The van der Waals surface area contributed by atoms with Gasteiger partial charge in [-0.15, -0.1) is 0 Å². The molecule has 0 saturated carbocycles. The molecule has 0 saturated heterocycles. The van der Waals surface area contributed by atoms with Gasteiger partial charge in [0.05, 0.1) is 10.5 Å². The van der Waals surface area contributed by atoms with Crippen molar-refractivity contribution in [1.29, 1.82) is 0 Å². The number of fused-ring (bicyclic) bond motifs is 1. The molecule has 0 spiro atoms. The SMILES string of the molecule is CCC(Cc1nc2c(Cl)cc(Cl)cc2[nH]1)c1ccc(Cl)cc1. The van der Waals surface area contributed by atoms with Crippen molar-refractivity contribution in [3.63, 3.8) is 0 Å². The Labute approximate surface area is 144 Å². The summed E-state index contributed by atoms with van der Waals surface area (Å²) in [6, 6.07) is 11.6. The van der Waals surface area contributed by atoms with Crippen molar-refractivity contribution in [3.8, 4) is 0 Å². The number of rotatable bonds is 4. The van der Waals surface area contributed by atoms with E-state index in [-0.39, 0.29) is 0 Å². The molecule has 2 aromatic carbocycles. The molecule has 1 unspecified atom stereocenters. The first-order valence-corrected chi connectivity index (χ1v) is 8.29. The highest BCUT2D eigenvalue weighted by Crippen LogP contribution is 2.29. The van der Waals surface area contributed by atoms with Crippen LogP contribution in [0.25, 0.3) is 11.0 Å². The number of aromatic nitrogens is 2. The minimum atomic E-state index is 0.382. The second kappa shape index (κ2) is 6.49. The zero-order valence-corrected chi connectivity index (χ0v) is 14.3. The fourth-order valence-corrected chi connectivity index (χ4v) is 3.32. The van der Waals surface area contributed by atoms with E-state index in [1.165, 1.54) is 5.56 Å². The van der Waals surface area contributed by atoms with E-state index in [0.29, 0.717) is 16.0 Å². The van der Waals surface area contributed by atoms with Crippen LogP contribution in [-0.4, -0.2) is 9.97 Å². The molecule has 0 amide bonds. The van der Waals surface area contributed by atoms with E-state index in [1.54, 1.807) is 6.07 Å². The van der Waals surface area contributed by atoms with E-state index in [2.05, 4.69) is 29.0 Å². The largest absolute Gasteiger partial charge is 0.342 e. The lowest BCUT2D eigenvalue weighted by atomic mass is 9.93. The van der Waals surface area contributed by atoms with Crippen LogP contribution >= 0.6 is 34.8 Å². The molecule has 3 aromatic rings. The first-order valence-electron chi connectivity index (χ1n) is 7.16. The Kier molecular flexibility index (Phi) is 4.62. The topological polar surface area (TPSA) is 28.7 Å². The predicted octanol–water partition coefficient (Wildman–Crippen LogP) is 6.26. The predicted molar refractivity (Wildman–Crippen MR) is 94.3 cm³/mol. The normalized spacial score (nSPS) is 12.7. The van der Waals surface area contributed by atoms with E-state index in [4.69, 9.17) is 34.8 Å². The number of hydrogen-bond donors (Lipinski definition) is 1. The fourth-order valence-electron chi connectivity index (χ4n) is 2.66. The summed E-state index contributed by atoms with van der Waals surface area (Å²) in [5.41, 5.74) is 2.90. The molecule has 0 radical (unpaired) electrons. The molecule has 3 rings (SSSR count). The van der Waals surface area contributed by atoms with Gasteiger partial charge in [0, 0.05) is 16.5 Å². The molecule has 114 valence electrons. The van der Waals surface area contributed by atoms with E-state index in [0.717, 1.165) is 34.7 Å². The van der Waals surface area contributed by atoms with Gasteiger partial charge in [-0.05, 0) is 42.2 Å². The molecular formula is C17H15Cl3N2. The number of nitrogens with zero attached hydrogens (tertiary/aromatic N) is 1. The zero-order chi connectivity index (χ0) is 15.7. The van der Waals surface area contributed by atoms with Gasteiger partial charge < -0.3 is 4.98 Å². The van der Waals surface area contributed by atoms with Gasteiger partial charge >= 0.3 is 0 Å². The number of H-pyrrole nitrogens is 1. The highest BCUT2D eigenvalue weighted by atomic mass is 35.5. The molecule has 0 fully saturated rings. The summed E-state index contributed by atoms with van der Waals surface area (Å²) in [5, 5.41) is 1.94. The van der Waals surface area contributed by atoms with Gasteiger partial charge in [0.15, 0.2) is 0 Å². The van der Waals surface area contributed by atoms with Gasteiger partial charge in [-0.25, -0.2) is 4.98 Å². The quantitative estimate of drug-likeness (QED) is 0.589. The van der Waals surface area contributed by atoms with Crippen molar-refractivity contribution in [2.75, 3.05) is 0 Å². The Morgan fingerprint density at radius 1 is 1.05 bits per heavy atom. The standard InChI is InChI=1S/C17H15Cl3N2/c1-2-10(11-3-5-12(18)6-4-11)7-16-21-15-9-13(19)8-14(20)17(15)22-16/h3-6,8-10H,2,7H2,1H3,(H,21,22). The van der Waals surface area contributed by atoms with E-state index < -0.39 is 0 Å². The van der Waals surface area contributed by atoms with Gasteiger partial charge in [-0.3, -0.25) is 0 Å². The summed E-state index contributed by atoms with van der Waals surface area (Å²) in [6.45, 7) is 2.17. The van der Waals surface area contributed by atoms with Crippen molar-refractivity contribution in [2.24, 2.45) is 0 Å². The summed E-state index contributed by atoms with van der Waals surface area (Å²) < 4.78 is 0. The Balaban J connectivity index is 1.90. The Hall–Kier alpha value is -1.22. The molecule has 0 aliphatic heterocycles. The van der Waals surface area contributed by atoms with Crippen LogP contribution in [0.5, 0.6) is 0 Å². The maximum atomic E-state index is 6.20. The molecule has 1 N–H and O–H groups in total. The Morgan fingerprint density at radius 2 is 1.77 bits per heavy atom. The van der Waals surface area contributed by atoms with Crippen LogP contribution in [0.4, 0.5) is 0 Å². The van der Waals surface area contributed by atoms with Gasteiger partial charge in [0.25, 0.3) is 0 Å². The third-order valence-corrected chi connectivity index (χ3v) is 4.59. The van der Waals surface area contributed by atoms with Crippen LogP contribution in [0.3, 0.4) is 0 Å². The summed E-state index contributed by atoms with van der Waals surface area (Å²) >= 11 is 18.2. The third-order valence-electron chi connectivity index (χ3n) is 3.83. The van der Waals surface area contributed by atoms with Crippen LogP contribution in [0, 0.1) is 0 Å². The van der Waals surface area contributed by atoms with Gasteiger partial charge in [-0.1, -0.05) is 53.9 Å². The second-order valence-corrected chi connectivity index (χ2v) is 6.61. The molecule has 1 atom stereocenters. The highest BCUT2D eigenvalue weighted by molar-refractivity contribution is 6.38. The summed E-state index contributed by atoms with van der Waals surface area (Å²) in [7, 11) is 0.